The molecule has 0 aliphatic heterocycles. The lowest BCUT2D eigenvalue weighted by molar-refractivity contribution is 0.333. The van der Waals surface area contributed by atoms with Gasteiger partial charge in [-0.2, -0.15) is 0 Å². The Morgan fingerprint density at radius 3 is 2.06 bits per heavy atom. The van der Waals surface area contributed by atoms with Crippen LogP contribution in [0, 0.1) is 0 Å². The zero-order valence-electron chi connectivity index (χ0n) is 11.5. The van der Waals surface area contributed by atoms with Crippen molar-refractivity contribution in [3.05, 3.63) is 12.0 Å². The molecule has 0 aromatic heterocycles. The number of aliphatic hydroxyl groups is 1. The van der Waals surface area contributed by atoms with Gasteiger partial charge >= 0.3 is 0 Å². The average molecular weight is 252 g/mol. The van der Waals surface area contributed by atoms with Crippen molar-refractivity contribution in [2.24, 2.45) is 0 Å². The zero-order chi connectivity index (χ0) is 12.6. The van der Waals surface area contributed by atoms with Gasteiger partial charge < -0.3 is 15.7 Å². The fraction of sp³-hybridized carbons (Fsp3) is 0.867. The minimum atomic E-state index is 0.450. The van der Waals surface area contributed by atoms with Crippen LogP contribution in [0.15, 0.2) is 12.0 Å². The Balaban J connectivity index is 1.61. The van der Waals surface area contributed by atoms with E-state index in [1.54, 1.807) is 0 Å². The first-order valence-electron chi connectivity index (χ1n) is 7.72. The minimum Gasteiger partial charge on any atom is -0.509 e. The van der Waals surface area contributed by atoms with Crippen LogP contribution in [-0.2, 0) is 0 Å². The second-order valence-electron chi connectivity index (χ2n) is 5.85. The fourth-order valence-corrected chi connectivity index (χ4v) is 3.09. The Morgan fingerprint density at radius 2 is 1.44 bits per heavy atom. The molecular weight excluding hydrogens is 224 g/mol. The van der Waals surface area contributed by atoms with Crippen LogP contribution in [0.2, 0.25) is 0 Å². The summed E-state index contributed by atoms with van der Waals surface area (Å²) in [6, 6.07) is 1.19. The molecule has 0 heterocycles. The third kappa shape index (κ3) is 4.89. The van der Waals surface area contributed by atoms with E-state index in [-0.39, 0.29) is 0 Å². The molecule has 3 nitrogen and oxygen atoms in total. The maximum atomic E-state index is 9.85. The average Bonchev–Trinajstić information content (AvgIpc) is 2.45. The van der Waals surface area contributed by atoms with Gasteiger partial charge in [0.2, 0.25) is 0 Å². The molecule has 3 N–H and O–H groups in total. The summed E-state index contributed by atoms with van der Waals surface area (Å²) < 4.78 is 0. The fourth-order valence-electron chi connectivity index (χ4n) is 3.09. The summed E-state index contributed by atoms with van der Waals surface area (Å²) in [5, 5.41) is 16.7. The number of nitrogens with one attached hydrogen (secondary N) is 2. The Kier molecular flexibility index (Phi) is 5.85. The summed E-state index contributed by atoms with van der Waals surface area (Å²) in [6.45, 7) is 0.615. The molecule has 3 heteroatoms. The van der Waals surface area contributed by atoms with Crippen molar-refractivity contribution in [2.45, 2.75) is 76.3 Å². The first-order valence-corrected chi connectivity index (χ1v) is 7.72. The highest BCUT2D eigenvalue weighted by atomic mass is 16.3. The monoisotopic (exact) mass is 252 g/mol. The van der Waals surface area contributed by atoms with E-state index < -0.39 is 0 Å². The van der Waals surface area contributed by atoms with E-state index in [1.165, 1.54) is 64.2 Å². The first-order chi connectivity index (χ1) is 8.84. The number of hydrogen-bond acceptors (Lipinski definition) is 3. The van der Waals surface area contributed by atoms with Gasteiger partial charge in [0.25, 0.3) is 0 Å². The molecule has 104 valence electrons. The van der Waals surface area contributed by atoms with Crippen LogP contribution in [0.3, 0.4) is 0 Å². The van der Waals surface area contributed by atoms with Gasteiger partial charge in [0.1, 0.15) is 5.76 Å². The Bertz CT molecular complexity index is 253. The quantitative estimate of drug-likeness (QED) is 0.658. The molecule has 0 spiro atoms. The normalized spacial score (nSPS) is 24.1. The van der Waals surface area contributed by atoms with Gasteiger partial charge in [-0.25, -0.2) is 0 Å². The van der Waals surface area contributed by atoms with E-state index in [2.05, 4.69) is 10.6 Å². The molecule has 0 aromatic carbocycles. The van der Waals surface area contributed by atoms with Crippen molar-refractivity contribution >= 4 is 0 Å². The second-order valence-corrected chi connectivity index (χ2v) is 5.85. The zero-order valence-corrected chi connectivity index (χ0v) is 11.5. The molecule has 0 aromatic rings. The van der Waals surface area contributed by atoms with E-state index in [1.807, 2.05) is 6.20 Å². The van der Waals surface area contributed by atoms with Crippen LogP contribution < -0.4 is 10.6 Å². The molecule has 2 rings (SSSR count). The Labute approximate surface area is 111 Å². The van der Waals surface area contributed by atoms with Crippen LogP contribution in [0.4, 0.5) is 0 Å². The van der Waals surface area contributed by atoms with Crippen molar-refractivity contribution < 1.29 is 5.11 Å². The summed E-state index contributed by atoms with van der Waals surface area (Å²) in [4.78, 5) is 0. The minimum absolute atomic E-state index is 0.450. The second kappa shape index (κ2) is 7.67. The SMILES string of the molecule is O/C(=C\NC1CCCCC1)CNC1CCCCC1. The predicted octanol–water partition coefficient (Wildman–Crippen LogP) is 3.23. The molecule has 2 aliphatic rings. The summed E-state index contributed by atoms with van der Waals surface area (Å²) >= 11 is 0. The van der Waals surface area contributed by atoms with Crippen molar-refractivity contribution in [3.8, 4) is 0 Å². The van der Waals surface area contributed by atoms with Gasteiger partial charge in [-0.05, 0) is 25.7 Å². The third-order valence-corrected chi connectivity index (χ3v) is 4.27. The van der Waals surface area contributed by atoms with Crippen LogP contribution in [0.1, 0.15) is 64.2 Å². The largest absolute Gasteiger partial charge is 0.509 e. The molecule has 0 saturated heterocycles. The molecule has 0 atom stereocenters. The van der Waals surface area contributed by atoms with E-state index in [0.717, 1.165) is 0 Å². The summed E-state index contributed by atoms with van der Waals surface area (Å²) in [6.07, 6.45) is 14.9. The lowest BCUT2D eigenvalue weighted by atomic mass is 9.95. The van der Waals surface area contributed by atoms with Gasteiger partial charge in [0.15, 0.2) is 0 Å². The van der Waals surface area contributed by atoms with Crippen LogP contribution in [-0.4, -0.2) is 23.7 Å². The van der Waals surface area contributed by atoms with Crippen LogP contribution >= 0.6 is 0 Å². The maximum absolute atomic E-state index is 9.85. The molecule has 2 fully saturated rings. The summed E-state index contributed by atoms with van der Waals surface area (Å²) in [7, 11) is 0. The smallest absolute Gasteiger partial charge is 0.122 e. The van der Waals surface area contributed by atoms with Crippen molar-refractivity contribution in [1.82, 2.24) is 10.6 Å². The Hall–Kier alpha value is -0.700. The molecule has 2 saturated carbocycles. The van der Waals surface area contributed by atoms with Crippen molar-refractivity contribution in [2.75, 3.05) is 6.54 Å². The standard InChI is InChI=1S/C15H28N2O/c18-15(11-16-13-7-3-1-4-8-13)12-17-14-9-5-2-6-10-14/h11,13-14,16-18H,1-10,12H2/b15-11-. The lowest BCUT2D eigenvalue weighted by Crippen LogP contribution is -2.33. The molecule has 0 bridgehead atoms. The molecule has 18 heavy (non-hydrogen) atoms. The van der Waals surface area contributed by atoms with Crippen molar-refractivity contribution in [1.29, 1.82) is 0 Å². The summed E-state index contributed by atoms with van der Waals surface area (Å²) in [5.41, 5.74) is 0. The van der Waals surface area contributed by atoms with E-state index >= 15 is 0 Å². The van der Waals surface area contributed by atoms with Gasteiger partial charge in [-0.15, -0.1) is 0 Å². The van der Waals surface area contributed by atoms with Crippen LogP contribution in [0.25, 0.3) is 0 Å². The van der Waals surface area contributed by atoms with E-state index in [0.29, 0.717) is 24.4 Å². The summed E-state index contributed by atoms with van der Waals surface area (Å²) in [5.74, 6) is 0.450. The van der Waals surface area contributed by atoms with Gasteiger partial charge in [-0.1, -0.05) is 38.5 Å². The third-order valence-electron chi connectivity index (χ3n) is 4.27. The molecular formula is C15H28N2O. The van der Waals surface area contributed by atoms with Crippen LogP contribution in [0.5, 0.6) is 0 Å². The lowest BCUT2D eigenvalue weighted by Gasteiger charge is -2.23. The topological polar surface area (TPSA) is 44.3 Å². The highest BCUT2D eigenvalue weighted by Gasteiger charge is 2.13. The van der Waals surface area contributed by atoms with E-state index in [9.17, 15) is 5.11 Å². The number of aliphatic hydroxyl groups excluding tert-OH is 1. The first kappa shape index (κ1) is 13.7. The Morgan fingerprint density at radius 1 is 0.889 bits per heavy atom. The maximum Gasteiger partial charge on any atom is 0.122 e. The predicted molar refractivity (Wildman–Crippen MR) is 75.6 cm³/mol. The molecule has 0 unspecified atom stereocenters. The van der Waals surface area contributed by atoms with Gasteiger partial charge in [-0.3, -0.25) is 0 Å². The number of hydrogen-bond donors (Lipinski definition) is 3. The molecule has 0 radical (unpaired) electrons. The van der Waals surface area contributed by atoms with Gasteiger partial charge in [0, 0.05) is 18.3 Å². The molecule has 0 amide bonds. The highest BCUT2D eigenvalue weighted by molar-refractivity contribution is 4.94. The van der Waals surface area contributed by atoms with Crippen molar-refractivity contribution in [3.63, 3.8) is 0 Å². The highest BCUT2D eigenvalue weighted by Crippen LogP contribution is 2.18. The number of rotatable bonds is 5. The van der Waals surface area contributed by atoms with E-state index in [4.69, 9.17) is 0 Å². The van der Waals surface area contributed by atoms with Gasteiger partial charge in [0.05, 0.1) is 6.54 Å². The molecule has 2 aliphatic carbocycles.